The second-order valence-corrected chi connectivity index (χ2v) is 4.97. The molecule has 2 unspecified atom stereocenters. The number of aliphatic hydroxyl groups is 1. The summed E-state index contributed by atoms with van der Waals surface area (Å²) in [5.74, 6) is -0.0683. The van der Waals surface area contributed by atoms with E-state index < -0.39 is 11.6 Å². The molecule has 0 heterocycles. The number of nitrogens with two attached hydrogens (primary N) is 1. The third-order valence-electron chi connectivity index (χ3n) is 2.89. The van der Waals surface area contributed by atoms with Gasteiger partial charge in [-0.15, -0.1) is 0 Å². The smallest absolute Gasteiger partial charge is 0.225 e. The molecule has 0 saturated carbocycles. The molecule has 0 fully saturated rings. The Kier molecular flexibility index (Phi) is 5.24. The van der Waals surface area contributed by atoms with Crippen LogP contribution in [0, 0.1) is 11.8 Å². The van der Waals surface area contributed by atoms with Crippen LogP contribution in [0.3, 0.4) is 0 Å². The monoisotopic (exact) mass is 216 g/mol. The van der Waals surface area contributed by atoms with Crippen LogP contribution < -0.4 is 11.1 Å². The van der Waals surface area contributed by atoms with Gasteiger partial charge in [0, 0.05) is 6.54 Å². The average molecular weight is 216 g/mol. The van der Waals surface area contributed by atoms with Crippen LogP contribution in [0.4, 0.5) is 0 Å². The van der Waals surface area contributed by atoms with Crippen LogP contribution in [0.5, 0.6) is 0 Å². The lowest BCUT2D eigenvalue weighted by molar-refractivity contribution is -0.128. The van der Waals surface area contributed by atoms with Gasteiger partial charge in [-0.05, 0) is 26.7 Å². The van der Waals surface area contributed by atoms with E-state index in [2.05, 4.69) is 5.32 Å². The van der Waals surface area contributed by atoms with Gasteiger partial charge >= 0.3 is 0 Å². The SMILES string of the molecule is CC(C)C(CN)C(=O)NC(C)(C)C(C)O. The lowest BCUT2D eigenvalue weighted by Gasteiger charge is -2.32. The van der Waals surface area contributed by atoms with Crippen LogP contribution in [0.25, 0.3) is 0 Å². The second kappa shape index (κ2) is 5.47. The molecule has 0 bridgehead atoms. The molecule has 0 aliphatic carbocycles. The zero-order valence-electron chi connectivity index (χ0n) is 10.4. The molecule has 0 aromatic heterocycles. The fraction of sp³-hybridized carbons (Fsp3) is 0.909. The van der Waals surface area contributed by atoms with Crippen molar-refractivity contribution in [2.24, 2.45) is 17.6 Å². The molecule has 0 aliphatic rings. The van der Waals surface area contributed by atoms with E-state index in [0.717, 1.165) is 0 Å². The molecule has 0 saturated heterocycles. The molecule has 90 valence electrons. The molecule has 0 aliphatic heterocycles. The standard InChI is InChI=1S/C11H24N2O2/c1-7(2)9(6-12)10(15)13-11(4,5)8(3)14/h7-9,14H,6,12H2,1-5H3,(H,13,15). The predicted molar refractivity (Wildman–Crippen MR) is 61.3 cm³/mol. The van der Waals surface area contributed by atoms with Crippen LogP contribution in [-0.4, -0.2) is 29.2 Å². The summed E-state index contributed by atoms with van der Waals surface area (Å²) in [6.07, 6.45) is -0.591. The first-order valence-corrected chi connectivity index (χ1v) is 5.42. The lowest BCUT2D eigenvalue weighted by atomic mass is 9.92. The molecule has 0 radical (unpaired) electrons. The zero-order valence-corrected chi connectivity index (χ0v) is 10.4. The van der Waals surface area contributed by atoms with Gasteiger partial charge in [-0.2, -0.15) is 0 Å². The van der Waals surface area contributed by atoms with Crippen molar-refractivity contribution < 1.29 is 9.90 Å². The second-order valence-electron chi connectivity index (χ2n) is 4.97. The Hall–Kier alpha value is -0.610. The van der Waals surface area contributed by atoms with E-state index in [4.69, 9.17) is 5.73 Å². The summed E-state index contributed by atoms with van der Waals surface area (Å²) in [5.41, 5.74) is 4.93. The van der Waals surface area contributed by atoms with Gasteiger partial charge in [0.1, 0.15) is 0 Å². The molecule has 1 amide bonds. The highest BCUT2D eigenvalue weighted by Gasteiger charge is 2.30. The van der Waals surface area contributed by atoms with E-state index in [0.29, 0.717) is 6.54 Å². The highest BCUT2D eigenvalue weighted by Crippen LogP contribution is 2.14. The van der Waals surface area contributed by atoms with Gasteiger partial charge in [0.2, 0.25) is 5.91 Å². The molecule has 4 nitrogen and oxygen atoms in total. The van der Waals surface area contributed by atoms with E-state index in [1.54, 1.807) is 20.8 Å². The minimum absolute atomic E-state index is 0.0848. The fourth-order valence-electron chi connectivity index (χ4n) is 1.20. The Bertz CT molecular complexity index is 213. The summed E-state index contributed by atoms with van der Waals surface area (Å²) in [4.78, 5) is 11.8. The van der Waals surface area contributed by atoms with Crippen molar-refractivity contribution in [3.05, 3.63) is 0 Å². The number of hydrogen-bond acceptors (Lipinski definition) is 3. The number of amides is 1. The summed E-state index contributed by atoms with van der Waals surface area (Å²) in [7, 11) is 0. The molecule has 2 atom stereocenters. The van der Waals surface area contributed by atoms with Crippen molar-refractivity contribution in [1.29, 1.82) is 0 Å². The molecule has 4 heteroatoms. The van der Waals surface area contributed by atoms with Crippen molar-refractivity contribution >= 4 is 5.91 Å². The maximum atomic E-state index is 11.8. The number of rotatable bonds is 5. The highest BCUT2D eigenvalue weighted by atomic mass is 16.3. The van der Waals surface area contributed by atoms with Crippen molar-refractivity contribution in [3.8, 4) is 0 Å². The van der Waals surface area contributed by atoms with Crippen molar-refractivity contribution in [3.63, 3.8) is 0 Å². The molecule has 4 N–H and O–H groups in total. The minimum Gasteiger partial charge on any atom is -0.391 e. The summed E-state index contributed by atoms with van der Waals surface area (Å²) in [5, 5.41) is 12.3. The van der Waals surface area contributed by atoms with Crippen LogP contribution in [0.2, 0.25) is 0 Å². The Morgan fingerprint density at radius 3 is 2.13 bits per heavy atom. The number of carbonyl (C=O) groups excluding carboxylic acids is 1. The summed E-state index contributed by atoms with van der Waals surface area (Å²) < 4.78 is 0. The Balaban J connectivity index is 4.47. The Morgan fingerprint density at radius 1 is 1.40 bits per heavy atom. The molecular formula is C11H24N2O2. The fourth-order valence-corrected chi connectivity index (χ4v) is 1.20. The van der Waals surface area contributed by atoms with Gasteiger partial charge in [-0.3, -0.25) is 4.79 Å². The van der Waals surface area contributed by atoms with E-state index in [-0.39, 0.29) is 17.7 Å². The van der Waals surface area contributed by atoms with E-state index in [9.17, 15) is 9.90 Å². The molecule has 0 rings (SSSR count). The third kappa shape index (κ3) is 4.18. The molecule has 0 aromatic carbocycles. The van der Waals surface area contributed by atoms with Crippen LogP contribution in [0.15, 0.2) is 0 Å². The van der Waals surface area contributed by atoms with Gasteiger partial charge in [0.15, 0.2) is 0 Å². The zero-order chi connectivity index (χ0) is 12.2. The molecule has 0 aromatic rings. The first kappa shape index (κ1) is 14.4. The predicted octanol–water partition coefficient (Wildman–Crippen LogP) is 0.493. The highest BCUT2D eigenvalue weighted by molar-refractivity contribution is 5.79. The lowest BCUT2D eigenvalue weighted by Crippen LogP contribution is -2.54. The Morgan fingerprint density at radius 2 is 1.87 bits per heavy atom. The Labute approximate surface area is 92.2 Å². The van der Waals surface area contributed by atoms with E-state index >= 15 is 0 Å². The van der Waals surface area contributed by atoms with E-state index in [1.165, 1.54) is 0 Å². The van der Waals surface area contributed by atoms with Crippen LogP contribution in [0.1, 0.15) is 34.6 Å². The third-order valence-corrected chi connectivity index (χ3v) is 2.89. The number of carbonyl (C=O) groups is 1. The summed E-state index contributed by atoms with van der Waals surface area (Å²) in [6, 6.07) is 0. The van der Waals surface area contributed by atoms with Crippen molar-refractivity contribution in [2.45, 2.75) is 46.3 Å². The van der Waals surface area contributed by atoms with Crippen molar-refractivity contribution in [2.75, 3.05) is 6.54 Å². The summed E-state index contributed by atoms with van der Waals surface area (Å²) in [6.45, 7) is 9.51. The molecule has 15 heavy (non-hydrogen) atoms. The van der Waals surface area contributed by atoms with Gasteiger partial charge in [0.25, 0.3) is 0 Å². The minimum atomic E-state index is -0.612. The van der Waals surface area contributed by atoms with Crippen LogP contribution in [-0.2, 0) is 4.79 Å². The number of nitrogens with one attached hydrogen (secondary N) is 1. The number of aliphatic hydroxyl groups excluding tert-OH is 1. The summed E-state index contributed by atoms with van der Waals surface area (Å²) >= 11 is 0. The normalized spacial score (nSPS) is 16.3. The molecule has 0 spiro atoms. The van der Waals surface area contributed by atoms with Gasteiger partial charge in [-0.1, -0.05) is 13.8 Å². The quantitative estimate of drug-likeness (QED) is 0.626. The first-order chi connectivity index (χ1) is 6.72. The first-order valence-electron chi connectivity index (χ1n) is 5.42. The molecular weight excluding hydrogens is 192 g/mol. The van der Waals surface area contributed by atoms with Gasteiger partial charge in [-0.25, -0.2) is 0 Å². The average Bonchev–Trinajstić information content (AvgIpc) is 2.02. The van der Waals surface area contributed by atoms with Crippen LogP contribution >= 0.6 is 0 Å². The van der Waals surface area contributed by atoms with Gasteiger partial charge < -0.3 is 16.2 Å². The maximum Gasteiger partial charge on any atom is 0.225 e. The number of hydrogen-bond donors (Lipinski definition) is 3. The topological polar surface area (TPSA) is 75.4 Å². The maximum absolute atomic E-state index is 11.8. The largest absolute Gasteiger partial charge is 0.391 e. The van der Waals surface area contributed by atoms with Crippen molar-refractivity contribution in [1.82, 2.24) is 5.32 Å². The van der Waals surface area contributed by atoms with E-state index in [1.807, 2.05) is 13.8 Å². The van der Waals surface area contributed by atoms with Gasteiger partial charge in [0.05, 0.1) is 17.6 Å².